The fourth-order valence-corrected chi connectivity index (χ4v) is 1.68. The van der Waals surface area contributed by atoms with Crippen molar-refractivity contribution in [3.05, 3.63) is 35.6 Å². The minimum absolute atomic E-state index is 0.0818. The molecule has 0 aliphatic heterocycles. The van der Waals surface area contributed by atoms with E-state index in [1.165, 1.54) is 6.07 Å². The summed E-state index contributed by atoms with van der Waals surface area (Å²) in [4.78, 5) is 23.2. The van der Waals surface area contributed by atoms with E-state index in [9.17, 15) is 14.0 Å². The molecule has 1 aromatic rings. The lowest BCUT2D eigenvalue weighted by Gasteiger charge is -2.17. The number of halogens is 1. The molecule has 0 saturated heterocycles. The van der Waals surface area contributed by atoms with Crippen LogP contribution in [0.4, 0.5) is 4.39 Å². The fourth-order valence-electron chi connectivity index (χ4n) is 1.68. The van der Waals surface area contributed by atoms with Gasteiger partial charge in [0.1, 0.15) is 5.82 Å². The highest BCUT2D eigenvalue weighted by Crippen LogP contribution is 2.12. The van der Waals surface area contributed by atoms with E-state index in [0.29, 0.717) is 25.1 Å². The van der Waals surface area contributed by atoms with E-state index >= 15 is 0 Å². The highest BCUT2D eigenvalue weighted by atomic mass is 19.1. The van der Waals surface area contributed by atoms with Crippen LogP contribution in [0, 0.1) is 11.2 Å². The van der Waals surface area contributed by atoms with Gasteiger partial charge >= 0.3 is 0 Å². The van der Waals surface area contributed by atoms with Crippen LogP contribution < -0.4 is 10.6 Å². The molecule has 0 aliphatic rings. The van der Waals surface area contributed by atoms with Crippen LogP contribution >= 0.6 is 0 Å². The molecule has 0 radical (unpaired) electrons. The second-order valence-electron chi connectivity index (χ2n) is 5.95. The van der Waals surface area contributed by atoms with Crippen molar-refractivity contribution in [2.24, 2.45) is 5.41 Å². The van der Waals surface area contributed by atoms with Gasteiger partial charge in [0, 0.05) is 24.9 Å². The van der Waals surface area contributed by atoms with E-state index in [-0.39, 0.29) is 24.1 Å². The maximum Gasteiger partial charge on any atom is 0.225 e. The summed E-state index contributed by atoms with van der Waals surface area (Å²) in [6.45, 7) is 6.14. The van der Waals surface area contributed by atoms with Crippen molar-refractivity contribution in [1.29, 1.82) is 0 Å². The molecule has 0 saturated carbocycles. The van der Waals surface area contributed by atoms with Crippen LogP contribution in [-0.2, 0) is 16.0 Å². The summed E-state index contributed by atoms with van der Waals surface area (Å²) < 4.78 is 13.4. The standard InChI is InChI=1S/C16H23FN2O2/c1-16(2,3)15(21)19-11-9-14(20)18-10-8-12-6-4-5-7-13(12)17/h4-7H,8-11H2,1-3H3,(H,18,20)(H,19,21). The molecule has 0 atom stereocenters. The molecule has 0 aromatic heterocycles. The van der Waals surface area contributed by atoms with Crippen LogP contribution in [-0.4, -0.2) is 24.9 Å². The van der Waals surface area contributed by atoms with Crippen LogP contribution in [0.25, 0.3) is 0 Å². The Balaban J connectivity index is 2.20. The summed E-state index contributed by atoms with van der Waals surface area (Å²) in [6, 6.07) is 6.50. The van der Waals surface area contributed by atoms with Crippen molar-refractivity contribution < 1.29 is 14.0 Å². The zero-order valence-corrected chi connectivity index (χ0v) is 12.8. The number of rotatable bonds is 6. The smallest absolute Gasteiger partial charge is 0.225 e. The van der Waals surface area contributed by atoms with Gasteiger partial charge in [-0.15, -0.1) is 0 Å². The lowest BCUT2D eigenvalue weighted by molar-refractivity contribution is -0.128. The van der Waals surface area contributed by atoms with Crippen LogP contribution in [0.2, 0.25) is 0 Å². The molecule has 0 spiro atoms. The number of carbonyl (C=O) groups excluding carboxylic acids is 2. The first-order chi connectivity index (χ1) is 9.80. The Morgan fingerprint density at radius 3 is 2.38 bits per heavy atom. The molecule has 1 aromatic carbocycles. The van der Waals surface area contributed by atoms with Crippen molar-refractivity contribution in [1.82, 2.24) is 10.6 Å². The van der Waals surface area contributed by atoms with E-state index in [4.69, 9.17) is 0 Å². The maximum absolute atomic E-state index is 13.4. The van der Waals surface area contributed by atoms with Gasteiger partial charge in [-0.3, -0.25) is 9.59 Å². The minimum atomic E-state index is -0.457. The van der Waals surface area contributed by atoms with Crippen LogP contribution in [0.3, 0.4) is 0 Å². The first kappa shape index (κ1) is 17.1. The molecule has 2 N–H and O–H groups in total. The number of nitrogens with one attached hydrogen (secondary N) is 2. The molecule has 116 valence electrons. The summed E-state index contributed by atoms with van der Waals surface area (Å²) in [5.41, 5.74) is 0.125. The Hall–Kier alpha value is -1.91. The molecule has 0 aliphatic carbocycles. The van der Waals surface area contributed by atoms with Gasteiger partial charge in [0.2, 0.25) is 11.8 Å². The van der Waals surface area contributed by atoms with Gasteiger partial charge in [-0.25, -0.2) is 4.39 Å². The minimum Gasteiger partial charge on any atom is -0.356 e. The van der Waals surface area contributed by atoms with E-state index in [0.717, 1.165) is 0 Å². The average Bonchev–Trinajstić information content (AvgIpc) is 2.39. The molecular weight excluding hydrogens is 271 g/mol. The number of benzene rings is 1. The molecule has 5 heteroatoms. The Bertz CT molecular complexity index is 495. The second-order valence-corrected chi connectivity index (χ2v) is 5.95. The number of hydrogen-bond donors (Lipinski definition) is 2. The number of hydrogen-bond acceptors (Lipinski definition) is 2. The molecule has 1 rings (SSSR count). The molecule has 0 unspecified atom stereocenters. The highest BCUT2D eigenvalue weighted by molar-refractivity contribution is 5.82. The van der Waals surface area contributed by atoms with E-state index in [1.54, 1.807) is 18.2 Å². The van der Waals surface area contributed by atoms with Gasteiger partial charge in [0.25, 0.3) is 0 Å². The van der Waals surface area contributed by atoms with Crippen LogP contribution in [0.1, 0.15) is 32.8 Å². The van der Waals surface area contributed by atoms with Crippen molar-refractivity contribution in [2.45, 2.75) is 33.6 Å². The second kappa shape index (κ2) is 7.76. The Morgan fingerprint density at radius 1 is 1.10 bits per heavy atom. The summed E-state index contributed by atoms with van der Waals surface area (Å²) in [5.74, 6) is -0.494. The molecule has 21 heavy (non-hydrogen) atoms. The third-order valence-electron chi connectivity index (χ3n) is 2.99. The lowest BCUT2D eigenvalue weighted by atomic mass is 9.96. The molecule has 4 nitrogen and oxygen atoms in total. The number of amides is 2. The van der Waals surface area contributed by atoms with E-state index in [1.807, 2.05) is 20.8 Å². The highest BCUT2D eigenvalue weighted by Gasteiger charge is 2.20. The normalized spacial score (nSPS) is 11.0. The maximum atomic E-state index is 13.4. The molecule has 0 heterocycles. The van der Waals surface area contributed by atoms with Crippen LogP contribution in [0.5, 0.6) is 0 Å². The van der Waals surface area contributed by atoms with E-state index < -0.39 is 5.41 Å². The first-order valence-electron chi connectivity index (χ1n) is 7.09. The van der Waals surface area contributed by atoms with Gasteiger partial charge in [-0.2, -0.15) is 0 Å². The Morgan fingerprint density at radius 2 is 1.76 bits per heavy atom. The molecular formula is C16H23FN2O2. The molecule has 0 bridgehead atoms. The monoisotopic (exact) mass is 294 g/mol. The predicted octanol–water partition coefficient (Wildman–Crippen LogP) is 2.04. The average molecular weight is 294 g/mol. The van der Waals surface area contributed by atoms with Gasteiger partial charge in [-0.1, -0.05) is 39.0 Å². The summed E-state index contributed by atoms with van der Waals surface area (Å²) >= 11 is 0. The van der Waals surface area contributed by atoms with Crippen molar-refractivity contribution >= 4 is 11.8 Å². The zero-order valence-electron chi connectivity index (χ0n) is 12.8. The Labute approximate surface area is 125 Å². The van der Waals surface area contributed by atoms with Gasteiger partial charge < -0.3 is 10.6 Å². The zero-order chi connectivity index (χ0) is 15.9. The van der Waals surface area contributed by atoms with Gasteiger partial charge in [0.05, 0.1) is 0 Å². The van der Waals surface area contributed by atoms with Gasteiger partial charge in [-0.05, 0) is 18.1 Å². The third kappa shape index (κ3) is 6.38. The first-order valence-corrected chi connectivity index (χ1v) is 7.09. The Kier molecular flexibility index (Phi) is 6.34. The van der Waals surface area contributed by atoms with Crippen molar-refractivity contribution in [2.75, 3.05) is 13.1 Å². The van der Waals surface area contributed by atoms with Crippen molar-refractivity contribution in [3.63, 3.8) is 0 Å². The summed E-state index contributed by atoms with van der Waals surface area (Å²) in [5, 5.41) is 5.42. The third-order valence-corrected chi connectivity index (χ3v) is 2.99. The number of carbonyl (C=O) groups is 2. The predicted molar refractivity (Wildman–Crippen MR) is 80.2 cm³/mol. The quantitative estimate of drug-likeness (QED) is 0.843. The van der Waals surface area contributed by atoms with Gasteiger partial charge in [0.15, 0.2) is 0 Å². The topological polar surface area (TPSA) is 58.2 Å². The molecule has 2 amide bonds. The fraction of sp³-hybridized carbons (Fsp3) is 0.500. The summed E-state index contributed by atoms with van der Waals surface area (Å²) in [7, 11) is 0. The van der Waals surface area contributed by atoms with E-state index in [2.05, 4.69) is 10.6 Å². The SMILES string of the molecule is CC(C)(C)C(=O)NCCC(=O)NCCc1ccccc1F. The van der Waals surface area contributed by atoms with Crippen molar-refractivity contribution in [3.8, 4) is 0 Å². The summed E-state index contributed by atoms with van der Waals surface area (Å²) in [6.07, 6.45) is 0.672. The lowest BCUT2D eigenvalue weighted by Crippen LogP contribution is -2.37. The van der Waals surface area contributed by atoms with Crippen LogP contribution in [0.15, 0.2) is 24.3 Å². The largest absolute Gasteiger partial charge is 0.356 e. The molecule has 0 fully saturated rings.